The Morgan fingerprint density at radius 1 is 0.789 bits per heavy atom. The number of fused-ring (bicyclic) bond motifs is 1. The molecule has 19 heavy (non-hydrogen) atoms. The molecular weight excluding hydrogens is 232 g/mol. The van der Waals surface area contributed by atoms with E-state index in [4.69, 9.17) is 0 Å². The van der Waals surface area contributed by atoms with Crippen molar-refractivity contribution < 1.29 is 0 Å². The first-order chi connectivity index (χ1) is 9.27. The van der Waals surface area contributed by atoms with Crippen LogP contribution in [0, 0.1) is 0 Å². The van der Waals surface area contributed by atoms with Crippen molar-refractivity contribution in [3.8, 4) is 0 Å². The number of hydrogen-bond donors (Lipinski definition) is 0. The van der Waals surface area contributed by atoms with Crippen LogP contribution in [0.1, 0.15) is 5.56 Å². The second-order valence-corrected chi connectivity index (χ2v) is 4.89. The maximum absolute atomic E-state index is 2.30. The zero-order valence-corrected chi connectivity index (χ0v) is 11.3. The van der Waals surface area contributed by atoms with Crippen molar-refractivity contribution >= 4 is 17.5 Å². The van der Waals surface area contributed by atoms with E-state index in [9.17, 15) is 0 Å². The molecule has 0 unspecified atom stereocenters. The van der Waals surface area contributed by atoms with Crippen molar-refractivity contribution in [2.24, 2.45) is 0 Å². The largest absolute Gasteiger partial charge is 0.349 e. The van der Waals surface area contributed by atoms with Gasteiger partial charge in [-0.2, -0.15) is 0 Å². The summed E-state index contributed by atoms with van der Waals surface area (Å²) < 4.78 is 0. The highest BCUT2D eigenvalue weighted by atomic mass is 15.4. The van der Waals surface area contributed by atoms with E-state index in [-0.39, 0.29) is 6.17 Å². The Balaban J connectivity index is 1.86. The summed E-state index contributed by atoms with van der Waals surface area (Å²) in [7, 11) is 4.28. The van der Waals surface area contributed by atoms with Crippen LogP contribution in [-0.2, 0) is 0 Å². The van der Waals surface area contributed by atoms with Crippen molar-refractivity contribution in [3.05, 3.63) is 66.2 Å². The summed E-state index contributed by atoms with van der Waals surface area (Å²) in [6.07, 6.45) is 4.71. The average Bonchev–Trinajstić information content (AvgIpc) is 2.71. The fourth-order valence-electron chi connectivity index (χ4n) is 2.63. The molecule has 1 heterocycles. The second-order valence-electron chi connectivity index (χ2n) is 4.89. The monoisotopic (exact) mass is 250 g/mol. The molecule has 2 aromatic carbocycles. The third-order valence-electron chi connectivity index (χ3n) is 3.70. The topological polar surface area (TPSA) is 6.48 Å². The zero-order valence-electron chi connectivity index (χ0n) is 11.3. The highest BCUT2D eigenvalue weighted by Crippen LogP contribution is 2.37. The molecule has 0 N–H and O–H groups in total. The molecule has 2 nitrogen and oxygen atoms in total. The van der Waals surface area contributed by atoms with Crippen LogP contribution in [0.4, 0.5) is 11.4 Å². The number of rotatable bonds is 2. The Labute approximate surface area is 114 Å². The number of benzene rings is 2. The number of para-hydroxylation sites is 2. The van der Waals surface area contributed by atoms with Gasteiger partial charge in [-0.3, -0.25) is 0 Å². The van der Waals surface area contributed by atoms with Gasteiger partial charge in [-0.15, -0.1) is 0 Å². The lowest BCUT2D eigenvalue weighted by Crippen LogP contribution is -2.37. The van der Waals surface area contributed by atoms with Crippen LogP contribution in [0.3, 0.4) is 0 Å². The minimum atomic E-state index is 0.276. The van der Waals surface area contributed by atoms with Crippen LogP contribution >= 0.6 is 0 Å². The van der Waals surface area contributed by atoms with Crippen LogP contribution in [0.2, 0.25) is 0 Å². The van der Waals surface area contributed by atoms with Gasteiger partial charge in [0.1, 0.15) is 6.17 Å². The normalized spacial score (nSPS) is 15.3. The first-order valence-corrected chi connectivity index (χ1v) is 6.55. The molecular formula is C17H18N2. The molecule has 0 aliphatic carbocycles. The Morgan fingerprint density at radius 2 is 1.32 bits per heavy atom. The Morgan fingerprint density at radius 3 is 1.89 bits per heavy atom. The maximum Gasteiger partial charge on any atom is 0.121 e. The van der Waals surface area contributed by atoms with Crippen LogP contribution in [0.5, 0.6) is 0 Å². The molecule has 0 aromatic heterocycles. The molecule has 0 saturated heterocycles. The lowest BCUT2D eigenvalue weighted by Gasteiger charge is -2.24. The summed E-state index contributed by atoms with van der Waals surface area (Å²) in [4.78, 5) is 4.60. The fraction of sp³-hybridized carbons (Fsp3) is 0.176. The van der Waals surface area contributed by atoms with Crippen molar-refractivity contribution in [3.63, 3.8) is 0 Å². The average molecular weight is 250 g/mol. The number of hydrogen-bond acceptors (Lipinski definition) is 2. The second kappa shape index (κ2) is 4.81. The quantitative estimate of drug-likeness (QED) is 0.803. The third kappa shape index (κ3) is 2.10. The summed E-state index contributed by atoms with van der Waals surface area (Å²) in [5.41, 5.74) is 3.81. The minimum Gasteiger partial charge on any atom is -0.349 e. The third-order valence-corrected chi connectivity index (χ3v) is 3.70. The number of likely N-dealkylation sites (N-methyl/N-ethyl adjacent to an activating group) is 2. The van der Waals surface area contributed by atoms with Crippen molar-refractivity contribution in [1.82, 2.24) is 0 Å². The lowest BCUT2D eigenvalue weighted by atomic mass is 10.2. The standard InChI is InChI=1S/C17H18N2/c1-18-15-10-6-7-11-16(15)19(2)17(18)13-12-14-8-4-3-5-9-14/h3-13,17H,1-2H3. The molecule has 2 aromatic rings. The first kappa shape index (κ1) is 11.8. The predicted octanol–water partition coefficient (Wildman–Crippen LogP) is 3.61. The van der Waals surface area contributed by atoms with Crippen LogP contribution in [-0.4, -0.2) is 20.3 Å². The van der Waals surface area contributed by atoms with Gasteiger partial charge >= 0.3 is 0 Å². The summed E-state index contributed by atoms with van der Waals surface area (Å²) in [6, 6.07) is 18.9. The van der Waals surface area contributed by atoms with E-state index in [1.165, 1.54) is 16.9 Å². The Bertz CT molecular complexity index is 560. The molecule has 1 aliphatic heterocycles. The molecule has 0 bridgehead atoms. The SMILES string of the molecule is CN1c2ccccc2N(C)C1C=Cc1ccccc1. The molecule has 0 atom stereocenters. The molecule has 0 spiro atoms. The van der Waals surface area contributed by atoms with Gasteiger partial charge in [0.15, 0.2) is 0 Å². The highest BCUT2D eigenvalue weighted by Gasteiger charge is 2.28. The van der Waals surface area contributed by atoms with Crippen LogP contribution < -0.4 is 9.80 Å². The molecule has 0 amide bonds. The van der Waals surface area contributed by atoms with Gasteiger partial charge < -0.3 is 9.80 Å². The predicted molar refractivity (Wildman–Crippen MR) is 82.5 cm³/mol. The molecule has 3 rings (SSSR count). The van der Waals surface area contributed by atoms with Gasteiger partial charge in [0.25, 0.3) is 0 Å². The smallest absolute Gasteiger partial charge is 0.121 e. The van der Waals surface area contributed by atoms with Gasteiger partial charge in [0, 0.05) is 14.1 Å². The summed E-state index contributed by atoms with van der Waals surface area (Å²) in [5.74, 6) is 0. The number of anilines is 2. The van der Waals surface area contributed by atoms with Crippen LogP contribution in [0.15, 0.2) is 60.7 Å². The van der Waals surface area contributed by atoms with Crippen LogP contribution in [0.25, 0.3) is 6.08 Å². The van der Waals surface area contributed by atoms with Gasteiger partial charge in [-0.05, 0) is 23.8 Å². The summed E-state index contributed by atoms with van der Waals surface area (Å²) >= 11 is 0. The van der Waals surface area contributed by atoms with Gasteiger partial charge in [-0.1, -0.05) is 48.5 Å². The fourth-order valence-corrected chi connectivity index (χ4v) is 2.63. The van der Waals surface area contributed by atoms with Crippen molar-refractivity contribution in [2.45, 2.75) is 6.17 Å². The summed E-state index contributed by atoms with van der Waals surface area (Å²) in [6.45, 7) is 0. The van der Waals surface area contributed by atoms with E-state index < -0.39 is 0 Å². The lowest BCUT2D eigenvalue weighted by molar-refractivity contribution is 0.777. The molecule has 0 fully saturated rings. The Kier molecular flexibility index (Phi) is 3.00. The first-order valence-electron chi connectivity index (χ1n) is 6.55. The van der Waals surface area contributed by atoms with Crippen molar-refractivity contribution in [2.75, 3.05) is 23.9 Å². The molecule has 96 valence electrons. The molecule has 0 saturated carbocycles. The summed E-state index contributed by atoms with van der Waals surface area (Å²) in [5, 5.41) is 0. The van der Waals surface area contributed by atoms with E-state index in [2.05, 4.69) is 84.6 Å². The van der Waals surface area contributed by atoms with Gasteiger partial charge in [0.2, 0.25) is 0 Å². The minimum absolute atomic E-state index is 0.276. The van der Waals surface area contributed by atoms with Gasteiger partial charge in [0.05, 0.1) is 11.4 Å². The highest BCUT2D eigenvalue weighted by molar-refractivity contribution is 5.78. The van der Waals surface area contributed by atoms with E-state index in [0.717, 1.165) is 0 Å². The Hall–Kier alpha value is -2.22. The molecule has 0 radical (unpaired) electrons. The molecule has 2 heteroatoms. The van der Waals surface area contributed by atoms with E-state index in [1.807, 2.05) is 6.07 Å². The molecule has 1 aliphatic rings. The van der Waals surface area contributed by atoms with Gasteiger partial charge in [-0.25, -0.2) is 0 Å². The number of nitrogens with zero attached hydrogens (tertiary/aromatic N) is 2. The maximum atomic E-state index is 2.30. The zero-order chi connectivity index (χ0) is 13.2. The van der Waals surface area contributed by atoms with Crippen molar-refractivity contribution in [1.29, 1.82) is 0 Å². The van der Waals surface area contributed by atoms with E-state index in [1.54, 1.807) is 0 Å². The van der Waals surface area contributed by atoms with E-state index in [0.29, 0.717) is 0 Å². The van der Waals surface area contributed by atoms with E-state index >= 15 is 0 Å².